The van der Waals surface area contributed by atoms with Crippen LogP contribution in [0.3, 0.4) is 0 Å². The molecule has 6 nitrogen and oxygen atoms in total. The summed E-state index contributed by atoms with van der Waals surface area (Å²) < 4.78 is 4.12. The molecule has 0 aliphatic carbocycles. The maximum atomic E-state index is 12.6. The van der Waals surface area contributed by atoms with E-state index in [4.69, 9.17) is 9.57 Å². The molecule has 0 radical (unpaired) electrons. The van der Waals surface area contributed by atoms with E-state index in [-0.39, 0.29) is 5.91 Å². The lowest BCUT2D eigenvalue weighted by Crippen LogP contribution is -2.55. The zero-order chi connectivity index (χ0) is 18.4. The highest BCUT2D eigenvalue weighted by molar-refractivity contribution is 14.1. The van der Waals surface area contributed by atoms with Crippen molar-refractivity contribution in [2.45, 2.75) is 42.8 Å². The summed E-state index contributed by atoms with van der Waals surface area (Å²) in [6.45, 7) is 5.32. The maximum absolute atomic E-state index is 12.6. The van der Waals surface area contributed by atoms with E-state index in [9.17, 15) is 9.59 Å². The lowest BCUT2D eigenvalue weighted by molar-refractivity contribution is -0.171. The summed E-state index contributed by atoms with van der Waals surface area (Å²) in [5.74, 6) is -0.354. The standard InChI is InChI=1S/C17H25IN2O4/c1-16(2,3)24-15(22)19-17(18,14(21)20(4)23-5)12-11-13-9-7-6-8-10-13/h6-10H,11-12H2,1-5H3,(H,19,22)/t17-/m0/s1. The molecule has 0 aromatic heterocycles. The lowest BCUT2D eigenvalue weighted by atomic mass is 10.0. The molecule has 0 fully saturated rings. The molecular weight excluding hydrogens is 423 g/mol. The number of halogens is 1. The van der Waals surface area contributed by atoms with Crippen molar-refractivity contribution in [1.29, 1.82) is 0 Å². The third kappa shape index (κ3) is 6.64. The molecule has 0 aliphatic rings. The van der Waals surface area contributed by atoms with E-state index < -0.39 is 15.2 Å². The number of ether oxygens (including phenoxy) is 1. The fourth-order valence-electron chi connectivity index (χ4n) is 1.98. The first-order chi connectivity index (χ1) is 11.1. The highest BCUT2D eigenvalue weighted by atomic mass is 127. The molecule has 0 spiro atoms. The molecule has 0 unspecified atom stereocenters. The van der Waals surface area contributed by atoms with Gasteiger partial charge in [-0.1, -0.05) is 30.3 Å². The molecular formula is C17H25IN2O4. The van der Waals surface area contributed by atoms with Crippen molar-refractivity contribution in [1.82, 2.24) is 10.4 Å². The van der Waals surface area contributed by atoms with Crippen LogP contribution in [0.5, 0.6) is 0 Å². The molecule has 0 heterocycles. The van der Waals surface area contributed by atoms with Crippen LogP contribution in [0, 0.1) is 0 Å². The number of nitrogens with one attached hydrogen (secondary N) is 1. The Balaban J connectivity index is 2.90. The van der Waals surface area contributed by atoms with Crippen molar-refractivity contribution in [2.24, 2.45) is 0 Å². The summed E-state index contributed by atoms with van der Waals surface area (Å²) >= 11 is 1.95. The molecule has 0 aliphatic heterocycles. The van der Waals surface area contributed by atoms with Crippen LogP contribution < -0.4 is 5.32 Å². The van der Waals surface area contributed by atoms with E-state index >= 15 is 0 Å². The van der Waals surface area contributed by atoms with Crippen LogP contribution >= 0.6 is 22.6 Å². The van der Waals surface area contributed by atoms with Gasteiger partial charge in [0.1, 0.15) is 5.60 Å². The minimum Gasteiger partial charge on any atom is -0.444 e. The summed E-state index contributed by atoms with van der Waals surface area (Å²) in [4.78, 5) is 29.8. The van der Waals surface area contributed by atoms with Gasteiger partial charge in [-0.2, -0.15) is 0 Å². The summed E-state index contributed by atoms with van der Waals surface area (Å²) in [5.41, 5.74) is 0.439. The highest BCUT2D eigenvalue weighted by Gasteiger charge is 2.40. The van der Waals surface area contributed by atoms with Crippen molar-refractivity contribution in [3.63, 3.8) is 0 Å². The number of rotatable bonds is 6. The average molecular weight is 448 g/mol. The second-order valence-electron chi connectivity index (χ2n) is 6.40. The van der Waals surface area contributed by atoms with E-state index in [0.29, 0.717) is 12.8 Å². The molecule has 24 heavy (non-hydrogen) atoms. The molecule has 1 N–H and O–H groups in total. The predicted octanol–water partition coefficient (Wildman–Crippen LogP) is 3.30. The van der Waals surface area contributed by atoms with Crippen molar-refractivity contribution >= 4 is 34.6 Å². The van der Waals surface area contributed by atoms with E-state index in [1.54, 1.807) is 20.8 Å². The van der Waals surface area contributed by atoms with Crippen molar-refractivity contribution in [3.05, 3.63) is 35.9 Å². The lowest BCUT2D eigenvalue weighted by Gasteiger charge is -2.31. The minimum atomic E-state index is -1.17. The monoisotopic (exact) mass is 448 g/mol. The molecule has 1 rings (SSSR count). The van der Waals surface area contributed by atoms with Gasteiger partial charge in [-0.25, -0.2) is 9.86 Å². The number of carbonyl (C=O) groups is 2. The van der Waals surface area contributed by atoms with E-state index in [2.05, 4.69) is 5.32 Å². The van der Waals surface area contributed by atoms with E-state index in [1.165, 1.54) is 14.2 Å². The molecule has 0 bridgehead atoms. The molecule has 7 heteroatoms. The summed E-state index contributed by atoms with van der Waals surface area (Å²) in [6, 6.07) is 9.77. The fourth-order valence-corrected chi connectivity index (χ4v) is 2.81. The average Bonchev–Trinajstić information content (AvgIpc) is 2.50. The van der Waals surface area contributed by atoms with Gasteiger partial charge >= 0.3 is 6.09 Å². The van der Waals surface area contributed by atoms with Gasteiger partial charge in [-0.3, -0.25) is 14.9 Å². The van der Waals surface area contributed by atoms with Gasteiger partial charge in [0.05, 0.1) is 7.11 Å². The Kier molecular flexibility index (Phi) is 7.47. The first-order valence-electron chi connectivity index (χ1n) is 7.63. The Morgan fingerprint density at radius 2 is 1.79 bits per heavy atom. The van der Waals surface area contributed by atoms with Crippen LogP contribution in [0.15, 0.2) is 30.3 Å². The number of amides is 2. The number of aryl methyl sites for hydroxylation is 1. The molecule has 1 aromatic rings. The van der Waals surface area contributed by atoms with Gasteiger partial charge in [0.2, 0.25) is 0 Å². The number of hydrogen-bond acceptors (Lipinski definition) is 4. The van der Waals surface area contributed by atoms with E-state index in [1.807, 2.05) is 52.9 Å². The topological polar surface area (TPSA) is 67.9 Å². The number of alkyl halides is 1. The quantitative estimate of drug-likeness (QED) is 0.314. The summed E-state index contributed by atoms with van der Waals surface area (Å²) in [6.07, 6.45) is 0.398. The zero-order valence-corrected chi connectivity index (χ0v) is 16.9. The second-order valence-corrected chi connectivity index (χ2v) is 8.24. The Morgan fingerprint density at radius 3 is 2.29 bits per heavy atom. The third-order valence-corrected chi connectivity index (χ3v) is 4.47. The SMILES string of the molecule is CON(C)C(=O)[C@](I)(CCc1ccccc1)NC(=O)OC(C)(C)C. The van der Waals surface area contributed by atoms with Crippen LogP contribution in [-0.2, 0) is 20.8 Å². The van der Waals surface area contributed by atoms with Gasteiger partial charge in [0, 0.05) is 7.05 Å². The van der Waals surface area contributed by atoms with Crippen LogP contribution in [0.2, 0.25) is 0 Å². The largest absolute Gasteiger partial charge is 0.444 e. The number of benzene rings is 1. The van der Waals surface area contributed by atoms with Crippen molar-refractivity contribution in [3.8, 4) is 0 Å². The summed E-state index contributed by atoms with van der Waals surface area (Å²) in [7, 11) is 2.91. The first kappa shape index (κ1) is 20.7. The Bertz CT molecular complexity index is 559. The Hall–Kier alpha value is -1.35. The normalized spacial score (nSPS) is 13.8. The molecule has 1 atom stereocenters. The maximum Gasteiger partial charge on any atom is 0.409 e. The zero-order valence-electron chi connectivity index (χ0n) is 14.8. The second kappa shape index (κ2) is 8.66. The van der Waals surface area contributed by atoms with Crippen LogP contribution in [0.25, 0.3) is 0 Å². The van der Waals surface area contributed by atoms with Crippen LogP contribution in [0.1, 0.15) is 32.8 Å². The fraction of sp³-hybridized carbons (Fsp3) is 0.529. The van der Waals surface area contributed by atoms with Gasteiger partial charge in [-0.15, -0.1) is 0 Å². The molecule has 2 amide bonds. The Morgan fingerprint density at radius 1 is 1.21 bits per heavy atom. The summed E-state index contributed by atoms with van der Waals surface area (Å²) in [5, 5.41) is 3.80. The van der Waals surface area contributed by atoms with Gasteiger partial charge in [0.15, 0.2) is 3.55 Å². The molecule has 1 aromatic carbocycles. The molecule has 134 valence electrons. The third-order valence-electron chi connectivity index (χ3n) is 3.20. The van der Waals surface area contributed by atoms with Crippen molar-refractivity contribution < 1.29 is 19.2 Å². The minimum absolute atomic E-state index is 0.354. The number of alkyl carbamates (subject to hydrolysis) is 1. The van der Waals surface area contributed by atoms with Gasteiger partial charge in [-0.05, 0) is 61.8 Å². The smallest absolute Gasteiger partial charge is 0.409 e. The van der Waals surface area contributed by atoms with Gasteiger partial charge in [0.25, 0.3) is 5.91 Å². The highest BCUT2D eigenvalue weighted by Crippen LogP contribution is 2.26. The van der Waals surface area contributed by atoms with Crippen LogP contribution in [-0.4, -0.2) is 40.4 Å². The molecule has 0 saturated carbocycles. The Labute approximate surface area is 157 Å². The van der Waals surface area contributed by atoms with Gasteiger partial charge < -0.3 is 4.74 Å². The number of carbonyl (C=O) groups excluding carboxylic acids is 2. The molecule has 0 saturated heterocycles. The predicted molar refractivity (Wildman–Crippen MR) is 101 cm³/mol. The first-order valence-corrected chi connectivity index (χ1v) is 8.71. The van der Waals surface area contributed by atoms with E-state index in [0.717, 1.165) is 10.6 Å². The number of hydrogen-bond donors (Lipinski definition) is 1. The number of hydroxylamine groups is 2. The number of nitrogens with zero attached hydrogens (tertiary/aromatic N) is 1. The van der Waals surface area contributed by atoms with Crippen molar-refractivity contribution in [2.75, 3.05) is 14.2 Å². The number of likely N-dealkylation sites (N-methyl/N-ethyl adjacent to an activating group) is 1. The van der Waals surface area contributed by atoms with Crippen LogP contribution in [0.4, 0.5) is 4.79 Å².